The van der Waals surface area contributed by atoms with Gasteiger partial charge in [0.2, 0.25) is 5.78 Å². The molecule has 0 amide bonds. The van der Waals surface area contributed by atoms with Crippen molar-refractivity contribution in [2.75, 3.05) is 6.61 Å². The predicted molar refractivity (Wildman–Crippen MR) is 91.6 cm³/mol. The topological polar surface area (TPSA) is 106 Å². The molecule has 6 heteroatoms. The minimum absolute atomic E-state index is 0.110. The summed E-state index contributed by atoms with van der Waals surface area (Å²) < 4.78 is 5.20. The Morgan fingerprint density at radius 2 is 2.08 bits per heavy atom. The monoisotopic (exact) mass is 335 g/mol. The van der Waals surface area contributed by atoms with E-state index in [-0.39, 0.29) is 11.3 Å². The average molecular weight is 335 g/mol. The highest BCUT2D eigenvalue weighted by molar-refractivity contribution is 6.07. The molecule has 0 atom stereocenters. The van der Waals surface area contributed by atoms with Gasteiger partial charge in [-0.2, -0.15) is 5.26 Å². The number of allylic oxidation sites excluding steroid dienone is 1. The highest BCUT2D eigenvalue weighted by atomic mass is 16.5. The van der Waals surface area contributed by atoms with Crippen molar-refractivity contribution in [2.45, 2.75) is 26.2 Å². The Bertz CT molecular complexity index is 950. The van der Waals surface area contributed by atoms with E-state index in [4.69, 9.17) is 15.7 Å². The van der Waals surface area contributed by atoms with Crippen LogP contribution in [0.1, 0.15) is 35.0 Å². The number of hydrogen-bond donors (Lipinski definition) is 1. The lowest BCUT2D eigenvalue weighted by atomic mass is 10.0. The van der Waals surface area contributed by atoms with Crippen molar-refractivity contribution in [3.63, 3.8) is 0 Å². The van der Waals surface area contributed by atoms with Crippen LogP contribution in [0.25, 0.3) is 10.9 Å². The van der Waals surface area contributed by atoms with E-state index in [1.54, 1.807) is 6.07 Å². The fraction of sp³-hybridized carbons (Fsp3) is 0.263. The molecule has 126 valence electrons. The third-order valence-electron chi connectivity index (χ3n) is 4.24. The highest BCUT2D eigenvalue weighted by Crippen LogP contribution is 2.30. The molecule has 0 radical (unpaired) electrons. The molecule has 2 aromatic rings. The molecule has 2 N–H and O–H groups in total. The summed E-state index contributed by atoms with van der Waals surface area (Å²) in [5.41, 5.74) is 8.43. The Labute approximate surface area is 144 Å². The normalized spacial score (nSPS) is 13.8. The Morgan fingerprint density at radius 1 is 1.32 bits per heavy atom. The molecule has 1 heterocycles. The first-order valence-electron chi connectivity index (χ1n) is 8.00. The van der Waals surface area contributed by atoms with Crippen LogP contribution in [0.3, 0.4) is 0 Å². The number of nitrogens with zero attached hydrogens (tertiary/aromatic N) is 2. The van der Waals surface area contributed by atoms with Crippen molar-refractivity contribution in [3.05, 3.63) is 52.4 Å². The fourth-order valence-electron chi connectivity index (χ4n) is 3.09. The lowest BCUT2D eigenvalue weighted by Gasteiger charge is -2.12. The number of aromatic nitrogens is 1. The average Bonchev–Trinajstić information content (AvgIpc) is 3.05. The van der Waals surface area contributed by atoms with Gasteiger partial charge in [0.25, 0.3) is 0 Å². The Balaban J connectivity index is 1.92. The van der Waals surface area contributed by atoms with Gasteiger partial charge < -0.3 is 10.5 Å². The van der Waals surface area contributed by atoms with Crippen LogP contribution < -0.4 is 5.73 Å². The minimum Gasteiger partial charge on any atom is -0.454 e. The number of para-hydroxylation sites is 1. The summed E-state index contributed by atoms with van der Waals surface area (Å²) in [6.45, 7) is 0.948. The van der Waals surface area contributed by atoms with Crippen LogP contribution in [-0.2, 0) is 22.4 Å². The van der Waals surface area contributed by atoms with Crippen LogP contribution in [0.4, 0.5) is 0 Å². The van der Waals surface area contributed by atoms with Crippen molar-refractivity contribution in [2.24, 2.45) is 5.73 Å². The first kappa shape index (κ1) is 16.7. The van der Waals surface area contributed by atoms with E-state index in [9.17, 15) is 9.59 Å². The third-order valence-corrected chi connectivity index (χ3v) is 4.24. The summed E-state index contributed by atoms with van der Waals surface area (Å²) in [5, 5.41) is 9.67. The van der Waals surface area contributed by atoms with Gasteiger partial charge in [-0.25, -0.2) is 4.79 Å². The molecule has 25 heavy (non-hydrogen) atoms. The van der Waals surface area contributed by atoms with Gasteiger partial charge >= 0.3 is 5.97 Å². The highest BCUT2D eigenvalue weighted by Gasteiger charge is 2.25. The number of fused-ring (bicyclic) bond motifs is 2. The van der Waals surface area contributed by atoms with E-state index in [2.05, 4.69) is 4.98 Å². The molecule has 1 aromatic heterocycles. The van der Waals surface area contributed by atoms with Crippen LogP contribution in [-0.4, -0.2) is 23.3 Å². The Morgan fingerprint density at radius 3 is 2.80 bits per heavy atom. The summed E-state index contributed by atoms with van der Waals surface area (Å²) in [6, 6.07) is 9.11. The SMILES string of the molecule is C/C(N)=C(/C#N)C(=O)COC(=O)c1c2c(nc3ccccc13)CCC2. The number of Topliss-reactive ketones (excluding diaryl/α,β-unsaturated/α-hetero) is 1. The zero-order valence-electron chi connectivity index (χ0n) is 13.8. The number of nitrogens with two attached hydrogens (primary N) is 1. The summed E-state index contributed by atoms with van der Waals surface area (Å²) in [5.74, 6) is -1.18. The van der Waals surface area contributed by atoms with Gasteiger partial charge in [-0.1, -0.05) is 18.2 Å². The van der Waals surface area contributed by atoms with E-state index < -0.39 is 18.4 Å². The number of esters is 1. The van der Waals surface area contributed by atoms with Crippen molar-refractivity contribution in [1.82, 2.24) is 4.98 Å². The zero-order chi connectivity index (χ0) is 18.0. The lowest BCUT2D eigenvalue weighted by Crippen LogP contribution is -2.19. The maximum absolute atomic E-state index is 12.7. The van der Waals surface area contributed by atoms with Crippen molar-refractivity contribution in [3.8, 4) is 6.07 Å². The minimum atomic E-state index is -0.606. The number of benzene rings is 1. The van der Waals surface area contributed by atoms with Gasteiger partial charge in [0.1, 0.15) is 11.6 Å². The first-order valence-corrected chi connectivity index (χ1v) is 8.00. The number of carbonyl (C=O) groups is 2. The molecule has 0 unspecified atom stereocenters. The second-order valence-electron chi connectivity index (χ2n) is 5.95. The molecule has 0 fully saturated rings. The summed E-state index contributed by atoms with van der Waals surface area (Å²) in [7, 11) is 0. The van der Waals surface area contributed by atoms with Gasteiger partial charge in [0.15, 0.2) is 6.61 Å². The summed E-state index contributed by atoms with van der Waals surface area (Å²) in [4.78, 5) is 29.3. The molecule has 0 aliphatic heterocycles. The maximum atomic E-state index is 12.7. The number of hydrogen-bond acceptors (Lipinski definition) is 6. The van der Waals surface area contributed by atoms with Crippen LogP contribution in [0, 0.1) is 11.3 Å². The van der Waals surface area contributed by atoms with E-state index >= 15 is 0 Å². The number of aryl methyl sites for hydroxylation is 1. The molecule has 0 bridgehead atoms. The fourth-order valence-corrected chi connectivity index (χ4v) is 3.09. The van der Waals surface area contributed by atoms with Crippen molar-refractivity contribution < 1.29 is 14.3 Å². The lowest BCUT2D eigenvalue weighted by molar-refractivity contribution is -0.118. The molecule has 1 aliphatic carbocycles. The Hall–Kier alpha value is -3.20. The number of pyridine rings is 1. The van der Waals surface area contributed by atoms with E-state index in [1.165, 1.54) is 6.92 Å². The quantitative estimate of drug-likeness (QED) is 0.521. The number of rotatable bonds is 4. The smallest absolute Gasteiger partial charge is 0.339 e. The van der Waals surface area contributed by atoms with Crippen LogP contribution in [0.5, 0.6) is 0 Å². The number of ether oxygens (including phenoxy) is 1. The standard InChI is InChI=1S/C19H17N3O3/c1-11(21)14(9-20)17(23)10-25-19(24)18-12-5-2-3-7-15(12)22-16-8-4-6-13(16)18/h2-3,5,7H,4,6,8,10,21H2,1H3/b14-11+. The molecule has 3 rings (SSSR count). The largest absolute Gasteiger partial charge is 0.454 e. The summed E-state index contributed by atoms with van der Waals surface area (Å²) >= 11 is 0. The maximum Gasteiger partial charge on any atom is 0.339 e. The summed E-state index contributed by atoms with van der Waals surface area (Å²) in [6.07, 6.45) is 2.52. The van der Waals surface area contributed by atoms with E-state index in [0.29, 0.717) is 10.9 Å². The molecule has 1 aliphatic rings. The van der Waals surface area contributed by atoms with Crippen molar-refractivity contribution >= 4 is 22.7 Å². The predicted octanol–water partition coefficient (Wildman–Crippen LogP) is 2.21. The molecule has 0 saturated carbocycles. The molecular weight excluding hydrogens is 318 g/mol. The van der Waals surface area contributed by atoms with Crippen LogP contribution in [0.15, 0.2) is 35.5 Å². The number of carbonyl (C=O) groups excluding carboxylic acids is 2. The van der Waals surface area contributed by atoms with Crippen molar-refractivity contribution in [1.29, 1.82) is 5.26 Å². The van der Waals surface area contributed by atoms with Crippen LogP contribution >= 0.6 is 0 Å². The van der Waals surface area contributed by atoms with E-state index in [1.807, 2.05) is 24.3 Å². The second-order valence-corrected chi connectivity index (χ2v) is 5.95. The number of nitriles is 1. The van der Waals surface area contributed by atoms with Gasteiger partial charge in [-0.3, -0.25) is 9.78 Å². The first-order chi connectivity index (χ1) is 12.0. The molecular formula is C19H17N3O3. The van der Waals surface area contributed by atoms with Gasteiger partial charge in [-0.05, 0) is 37.8 Å². The van der Waals surface area contributed by atoms with Gasteiger partial charge in [-0.15, -0.1) is 0 Å². The molecule has 6 nitrogen and oxygen atoms in total. The third kappa shape index (κ3) is 3.09. The second kappa shape index (κ2) is 6.73. The molecule has 0 spiro atoms. The van der Waals surface area contributed by atoms with Gasteiger partial charge in [0.05, 0.1) is 11.1 Å². The number of ketones is 1. The molecule has 1 aromatic carbocycles. The van der Waals surface area contributed by atoms with Crippen LogP contribution in [0.2, 0.25) is 0 Å². The van der Waals surface area contributed by atoms with Gasteiger partial charge in [0, 0.05) is 16.8 Å². The van der Waals surface area contributed by atoms with E-state index in [0.717, 1.165) is 36.0 Å². The Kier molecular flexibility index (Phi) is 4.48. The zero-order valence-corrected chi connectivity index (χ0v) is 13.8. The molecule has 0 saturated heterocycles.